The number of nitrogens with one attached hydrogen (secondary N) is 2. The number of nitrogens with zero attached hydrogens (tertiary/aromatic N) is 3. The van der Waals surface area contributed by atoms with Gasteiger partial charge < -0.3 is 10.3 Å². The molecule has 0 fully saturated rings. The first-order valence-electron chi connectivity index (χ1n) is 6.47. The van der Waals surface area contributed by atoms with Gasteiger partial charge >= 0.3 is 0 Å². The molecule has 2 heterocycles. The zero-order valence-corrected chi connectivity index (χ0v) is 12.1. The third-order valence-corrected chi connectivity index (χ3v) is 2.73. The van der Waals surface area contributed by atoms with Gasteiger partial charge in [0.25, 0.3) is 0 Å². The predicted octanol–water partition coefficient (Wildman–Crippen LogP) is 3.64. The number of halogens is 1. The molecule has 0 aliphatic rings. The normalized spacial score (nSPS) is 9.95. The Hall–Kier alpha value is -2.14. The van der Waals surface area contributed by atoms with Gasteiger partial charge in [0, 0.05) is 6.54 Å². The molecule has 2 aromatic heterocycles. The SMILES string of the molecule is CC.Clc1nc(NCc2ccccc2)c2[nH]cnc2n1. The molecule has 0 aliphatic carbocycles. The number of hydrogen-bond donors (Lipinski definition) is 2. The van der Waals surface area contributed by atoms with Crippen molar-refractivity contribution in [3.63, 3.8) is 0 Å². The lowest BCUT2D eigenvalue weighted by atomic mass is 10.2. The van der Waals surface area contributed by atoms with Crippen LogP contribution >= 0.6 is 11.6 Å². The number of aromatic amines is 1. The molecular weight excluding hydrogens is 274 g/mol. The Morgan fingerprint density at radius 3 is 2.65 bits per heavy atom. The highest BCUT2D eigenvalue weighted by atomic mass is 35.5. The van der Waals surface area contributed by atoms with Gasteiger partial charge in [-0.25, -0.2) is 4.98 Å². The quantitative estimate of drug-likeness (QED) is 0.722. The molecule has 0 saturated carbocycles. The van der Waals surface area contributed by atoms with E-state index in [9.17, 15) is 0 Å². The van der Waals surface area contributed by atoms with E-state index in [2.05, 4.69) is 25.3 Å². The third kappa shape index (κ3) is 3.24. The van der Waals surface area contributed by atoms with Gasteiger partial charge in [-0.05, 0) is 17.2 Å². The van der Waals surface area contributed by atoms with Crippen LogP contribution in [-0.2, 0) is 6.54 Å². The molecule has 0 unspecified atom stereocenters. The van der Waals surface area contributed by atoms with E-state index >= 15 is 0 Å². The van der Waals surface area contributed by atoms with Crippen LogP contribution in [0, 0.1) is 0 Å². The molecule has 0 aliphatic heterocycles. The number of fused-ring (bicyclic) bond motifs is 1. The van der Waals surface area contributed by atoms with Crippen molar-refractivity contribution in [1.82, 2.24) is 19.9 Å². The molecule has 104 valence electrons. The maximum atomic E-state index is 5.85. The highest BCUT2D eigenvalue weighted by Gasteiger charge is 2.08. The molecule has 3 rings (SSSR count). The molecule has 0 atom stereocenters. The Labute approximate surface area is 122 Å². The minimum atomic E-state index is 0.185. The molecule has 0 saturated heterocycles. The van der Waals surface area contributed by atoms with Crippen LogP contribution in [0.4, 0.5) is 5.82 Å². The first-order valence-corrected chi connectivity index (χ1v) is 6.85. The molecule has 2 N–H and O–H groups in total. The van der Waals surface area contributed by atoms with Gasteiger partial charge in [0.1, 0.15) is 5.52 Å². The van der Waals surface area contributed by atoms with Crippen LogP contribution in [0.5, 0.6) is 0 Å². The standard InChI is InChI=1S/C12H10ClN5.C2H6/c13-12-17-10(9-11(18-12)16-7-15-9)14-6-8-4-2-1-3-5-8;1-2/h1-5,7H,6H2,(H2,14,15,16,17,18);1-2H3. The van der Waals surface area contributed by atoms with Gasteiger partial charge in [0.15, 0.2) is 11.5 Å². The Balaban J connectivity index is 0.000000704. The van der Waals surface area contributed by atoms with Crippen LogP contribution in [0.25, 0.3) is 11.2 Å². The number of hydrogen-bond acceptors (Lipinski definition) is 4. The van der Waals surface area contributed by atoms with Crippen molar-refractivity contribution < 1.29 is 0 Å². The number of benzene rings is 1. The van der Waals surface area contributed by atoms with Gasteiger partial charge in [-0.2, -0.15) is 9.97 Å². The molecular formula is C14H16ClN5. The summed E-state index contributed by atoms with van der Waals surface area (Å²) in [6.45, 7) is 4.67. The van der Waals surface area contributed by atoms with E-state index in [4.69, 9.17) is 11.6 Å². The van der Waals surface area contributed by atoms with E-state index in [-0.39, 0.29) is 5.28 Å². The van der Waals surface area contributed by atoms with Crippen LogP contribution in [0.1, 0.15) is 19.4 Å². The van der Waals surface area contributed by atoms with Crippen LogP contribution in [0.2, 0.25) is 5.28 Å². The second-order valence-electron chi connectivity index (χ2n) is 3.78. The lowest BCUT2D eigenvalue weighted by Crippen LogP contribution is -2.03. The fraction of sp³-hybridized carbons (Fsp3) is 0.214. The smallest absolute Gasteiger partial charge is 0.226 e. The maximum absolute atomic E-state index is 5.85. The van der Waals surface area contributed by atoms with Crippen molar-refractivity contribution in [2.24, 2.45) is 0 Å². The van der Waals surface area contributed by atoms with E-state index in [1.54, 1.807) is 6.33 Å². The monoisotopic (exact) mass is 289 g/mol. The van der Waals surface area contributed by atoms with Crippen LogP contribution < -0.4 is 5.32 Å². The molecule has 3 aromatic rings. The van der Waals surface area contributed by atoms with Crippen LogP contribution in [0.15, 0.2) is 36.7 Å². The lowest BCUT2D eigenvalue weighted by molar-refractivity contribution is 1.10. The number of rotatable bonds is 3. The summed E-state index contributed by atoms with van der Waals surface area (Å²) in [4.78, 5) is 15.2. The van der Waals surface area contributed by atoms with Gasteiger partial charge in [-0.15, -0.1) is 0 Å². The molecule has 1 aromatic carbocycles. The van der Waals surface area contributed by atoms with E-state index in [0.29, 0.717) is 18.0 Å². The van der Waals surface area contributed by atoms with Crippen LogP contribution in [-0.4, -0.2) is 19.9 Å². The van der Waals surface area contributed by atoms with Gasteiger partial charge in [0.2, 0.25) is 5.28 Å². The average Bonchev–Trinajstić information content (AvgIpc) is 2.96. The minimum Gasteiger partial charge on any atom is -0.364 e. The molecule has 0 spiro atoms. The highest BCUT2D eigenvalue weighted by Crippen LogP contribution is 2.19. The summed E-state index contributed by atoms with van der Waals surface area (Å²) in [5, 5.41) is 3.41. The fourth-order valence-corrected chi connectivity index (χ4v) is 1.88. The third-order valence-electron chi connectivity index (χ3n) is 2.56. The summed E-state index contributed by atoms with van der Waals surface area (Å²) in [5.74, 6) is 0.659. The average molecular weight is 290 g/mol. The summed E-state index contributed by atoms with van der Waals surface area (Å²) in [7, 11) is 0. The molecule has 5 nitrogen and oxygen atoms in total. The molecule has 0 bridgehead atoms. The number of H-pyrrole nitrogens is 1. The minimum absolute atomic E-state index is 0.185. The second kappa shape index (κ2) is 6.86. The summed E-state index contributed by atoms with van der Waals surface area (Å²) in [5.41, 5.74) is 2.49. The van der Waals surface area contributed by atoms with Crippen molar-refractivity contribution >= 4 is 28.6 Å². The number of imidazole rings is 1. The van der Waals surface area contributed by atoms with Crippen molar-refractivity contribution in [1.29, 1.82) is 0 Å². The molecule has 20 heavy (non-hydrogen) atoms. The van der Waals surface area contributed by atoms with Crippen molar-refractivity contribution in [3.05, 3.63) is 47.5 Å². The zero-order valence-electron chi connectivity index (χ0n) is 11.4. The largest absolute Gasteiger partial charge is 0.364 e. The number of anilines is 1. The Kier molecular flexibility index (Phi) is 4.90. The topological polar surface area (TPSA) is 66.5 Å². The summed E-state index contributed by atoms with van der Waals surface area (Å²) < 4.78 is 0. The first kappa shape index (κ1) is 14.3. The van der Waals surface area contributed by atoms with Crippen molar-refractivity contribution in [3.8, 4) is 0 Å². The highest BCUT2D eigenvalue weighted by molar-refractivity contribution is 6.28. The van der Waals surface area contributed by atoms with Crippen molar-refractivity contribution in [2.75, 3.05) is 5.32 Å². The van der Waals surface area contributed by atoms with Crippen LogP contribution in [0.3, 0.4) is 0 Å². The van der Waals surface area contributed by atoms with E-state index in [0.717, 1.165) is 5.52 Å². The first-order chi connectivity index (χ1) is 9.83. The fourth-order valence-electron chi connectivity index (χ4n) is 1.72. The summed E-state index contributed by atoms with van der Waals surface area (Å²) >= 11 is 5.85. The number of aromatic nitrogens is 4. The van der Waals surface area contributed by atoms with Gasteiger partial charge in [-0.3, -0.25) is 0 Å². The predicted molar refractivity (Wildman–Crippen MR) is 81.8 cm³/mol. The molecule has 6 heteroatoms. The Morgan fingerprint density at radius 2 is 1.90 bits per heavy atom. The van der Waals surface area contributed by atoms with Crippen molar-refractivity contribution in [2.45, 2.75) is 20.4 Å². The second-order valence-corrected chi connectivity index (χ2v) is 4.12. The molecule has 0 radical (unpaired) electrons. The Morgan fingerprint density at radius 1 is 1.15 bits per heavy atom. The van der Waals surface area contributed by atoms with E-state index in [1.165, 1.54) is 5.56 Å². The maximum Gasteiger partial charge on any atom is 0.226 e. The summed E-state index contributed by atoms with van der Waals surface area (Å²) in [6, 6.07) is 10.1. The molecule has 0 amide bonds. The van der Waals surface area contributed by atoms with Gasteiger partial charge in [0.05, 0.1) is 6.33 Å². The Bertz CT molecular complexity index is 666. The van der Waals surface area contributed by atoms with E-state index < -0.39 is 0 Å². The lowest BCUT2D eigenvalue weighted by Gasteiger charge is -2.06. The zero-order chi connectivity index (χ0) is 14.4. The van der Waals surface area contributed by atoms with E-state index in [1.807, 2.05) is 44.2 Å². The van der Waals surface area contributed by atoms with Gasteiger partial charge in [-0.1, -0.05) is 44.2 Å². The summed E-state index contributed by atoms with van der Waals surface area (Å²) in [6.07, 6.45) is 1.57.